The van der Waals surface area contributed by atoms with Crippen LogP contribution in [0.15, 0.2) is 59.9 Å². The maximum Gasteiger partial charge on any atom is 0.308 e. The van der Waals surface area contributed by atoms with E-state index < -0.39 is 0 Å². The van der Waals surface area contributed by atoms with E-state index in [1.807, 2.05) is 25.1 Å². The Labute approximate surface area is 149 Å². The highest BCUT2D eigenvalue weighted by Crippen LogP contribution is 2.24. The first-order chi connectivity index (χ1) is 12.1. The van der Waals surface area contributed by atoms with E-state index in [0.717, 1.165) is 21.6 Å². The normalized spacial score (nSPS) is 10.6. The molecular formula is C19H18N2O3S. The van der Waals surface area contributed by atoms with Crippen molar-refractivity contribution >= 4 is 33.1 Å². The number of amides is 1. The Hall–Kier alpha value is -2.86. The molecule has 6 heteroatoms. The van der Waals surface area contributed by atoms with Gasteiger partial charge in [0.1, 0.15) is 5.75 Å². The van der Waals surface area contributed by atoms with Gasteiger partial charge in [0.2, 0.25) is 0 Å². The lowest BCUT2D eigenvalue weighted by atomic mass is 10.2. The van der Waals surface area contributed by atoms with Crippen molar-refractivity contribution in [2.24, 2.45) is 0 Å². The van der Waals surface area contributed by atoms with Gasteiger partial charge in [-0.05, 0) is 37.3 Å². The van der Waals surface area contributed by atoms with Crippen molar-refractivity contribution in [2.75, 3.05) is 11.9 Å². The van der Waals surface area contributed by atoms with Gasteiger partial charge in [-0.1, -0.05) is 29.5 Å². The number of carbonyl (C=O) groups is 1. The topological polar surface area (TPSA) is 60.3 Å². The molecule has 0 unspecified atom stereocenters. The Morgan fingerprint density at radius 1 is 1.32 bits per heavy atom. The number of nitrogens with zero attached hydrogens (tertiary/aromatic N) is 1. The number of para-hydroxylation sites is 1. The summed E-state index contributed by atoms with van der Waals surface area (Å²) in [6.07, 6.45) is 1.69. The smallest absolute Gasteiger partial charge is 0.308 e. The van der Waals surface area contributed by atoms with Crippen LogP contribution in [0.5, 0.6) is 5.75 Å². The molecule has 1 aromatic heterocycles. The zero-order chi connectivity index (χ0) is 17.8. The van der Waals surface area contributed by atoms with Crippen LogP contribution < -0.4 is 14.9 Å². The van der Waals surface area contributed by atoms with E-state index in [4.69, 9.17) is 4.74 Å². The number of rotatable bonds is 6. The van der Waals surface area contributed by atoms with Crippen molar-refractivity contribution in [3.05, 3.63) is 70.4 Å². The highest BCUT2D eigenvalue weighted by atomic mass is 32.1. The third-order valence-electron chi connectivity index (χ3n) is 3.67. The van der Waals surface area contributed by atoms with Crippen LogP contribution in [0.25, 0.3) is 10.2 Å². The molecule has 0 spiro atoms. The van der Waals surface area contributed by atoms with E-state index in [0.29, 0.717) is 30.2 Å². The van der Waals surface area contributed by atoms with Gasteiger partial charge < -0.3 is 10.1 Å². The fourth-order valence-electron chi connectivity index (χ4n) is 2.58. The number of aromatic nitrogens is 1. The van der Waals surface area contributed by atoms with E-state index in [-0.39, 0.29) is 10.8 Å². The fraction of sp³-hybridized carbons (Fsp3) is 0.158. The molecule has 3 rings (SSSR count). The van der Waals surface area contributed by atoms with E-state index in [1.165, 1.54) is 0 Å². The summed E-state index contributed by atoms with van der Waals surface area (Å²) in [5.74, 6) is 0.298. The molecule has 0 saturated carbocycles. The summed E-state index contributed by atoms with van der Waals surface area (Å²) in [4.78, 5) is 24.5. The lowest BCUT2D eigenvalue weighted by Gasteiger charge is -2.10. The van der Waals surface area contributed by atoms with Crippen LogP contribution >= 0.6 is 11.3 Å². The average molecular weight is 354 g/mol. The SMILES string of the molecule is C=CCn1c(=O)sc2cc(NC(=O)c3ccccc3OCC)ccc21. The lowest BCUT2D eigenvalue weighted by Crippen LogP contribution is -2.13. The predicted octanol–water partition coefficient (Wildman–Crippen LogP) is 3.90. The molecule has 0 fully saturated rings. The molecule has 0 bridgehead atoms. The highest BCUT2D eigenvalue weighted by molar-refractivity contribution is 7.16. The molecule has 25 heavy (non-hydrogen) atoms. The summed E-state index contributed by atoms with van der Waals surface area (Å²) in [7, 11) is 0. The number of hydrogen-bond acceptors (Lipinski definition) is 4. The van der Waals surface area contributed by atoms with Crippen LogP contribution in [0.1, 0.15) is 17.3 Å². The largest absolute Gasteiger partial charge is 0.493 e. The third-order valence-corrected chi connectivity index (χ3v) is 4.61. The number of carbonyl (C=O) groups excluding carboxylic acids is 1. The Bertz CT molecular complexity index is 988. The molecule has 0 saturated heterocycles. The third kappa shape index (κ3) is 3.49. The van der Waals surface area contributed by atoms with Crippen LogP contribution in [-0.4, -0.2) is 17.1 Å². The number of ether oxygens (including phenoxy) is 1. The summed E-state index contributed by atoms with van der Waals surface area (Å²) in [5.41, 5.74) is 1.94. The molecule has 5 nitrogen and oxygen atoms in total. The zero-order valence-electron chi connectivity index (χ0n) is 13.8. The number of fused-ring (bicyclic) bond motifs is 1. The number of hydrogen-bond donors (Lipinski definition) is 1. The second kappa shape index (κ2) is 7.36. The van der Waals surface area contributed by atoms with Crippen molar-refractivity contribution in [1.29, 1.82) is 0 Å². The summed E-state index contributed by atoms with van der Waals surface area (Å²) in [5, 5.41) is 2.87. The molecule has 0 aliphatic heterocycles. The Kier molecular flexibility index (Phi) is 5.00. The number of nitrogens with one attached hydrogen (secondary N) is 1. The first kappa shape index (κ1) is 17.0. The average Bonchev–Trinajstić information content (AvgIpc) is 2.91. The van der Waals surface area contributed by atoms with Crippen molar-refractivity contribution in [3.63, 3.8) is 0 Å². The molecular weight excluding hydrogens is 336 g/mol. The highest BCUT2D eigenvalue weighted by Gasteiger charge is 2.13. The Balaban J connectivity index is 1.89. The second-order valence-electron chi connectivity index (χ2n) is 5.33. The van der Waals surface area contributed by atoms with Gasteiger partial charge >= 0.3 is 4.87 Å². The van der Waals surface area contributed by atoms with Crippen LogP contribution in [0.3, 0.4) is 0 Å². The second-order valence-corrected chi connectivity index (χ2v) is 6.33. The van der Waals surface area contributed by atoms with Gasteiger partial charge in [0.25, 0.3) is 5.91 Å². The van der Waals surface area contributed by atoms with Crippen LogP contribution in [0.2, 0.25) is 0 Å². The fourth-order valence-corrected chi connectivity index (χ4v) is 3.52. The van der Waals surface area contributed by atoms with Gasteiger partial charge in [0.15, 0.2) is 0 Å². The number of benzene rings is 2. The van der Waals surface area contributed by atoms with E-state index >= 15 is 0 Å². The molecule has 0 radical (unpaired) electrons. The minimum absolute atomic E-state index is 0.0416. The Morgan fingerprint density at radius 3 is 2.88 bits per heavy atom. The molecule has 128 valence electrons. The molecule has 1 heterocycles. The summed E-state index contributed by atoms with van der Waals surface area (Å²) in [6.45, 7) is 6.50. The minimum atomic E-state index is -0.249. The molecule has 0 aliphatic carbocycles. The van der Waals surface area contributed by atoms with E-state index in [2.05, 4.69) is 11.9 Å². The summed E-state index contributed by atoms with van der Waals surface area (Å²) < 4.78 is 7.98. The molecule has 0 aliphatic rings. The van der Waals surface area contributed by atoms with Crippen molar-refractivity contribution in [1.82, 2.24) is 4.57 Å². The molecule has 1 N–H and O–H groups in total. The number of anilines is 1. The molecule has 0 atom stereocenters. The van der Waals surface area contributed by atoms with Gasteiger partial charge in [-0.15, -0.1) is 6.58 Å². The molecule has 3 aromatic rings. The minimum Gasteiger partial charge on any atom is -0.493 e. The standard InChI is InChI=1S/C19H18N2O3S/c1-3-11-21-15-10-9-13(12-17(15)25-19(21)23)20-18(22)14-7-5-6-8-16(14)24-4-2/h3,5-10,12H,1,4,11H2,2H3,(H,20,22). The monoisotopic (exact) mass is 354 g/mol. The van der Waals surface area contributed by atoms with Gasteiger partial charge in [0, 0.05) is 12.2 Å². The van der Waals surface area contributed by atoms with Crippen LogP contribution in [0, 0.1) is 0 Å². The lowest BCUT2D eigenvalue weighted by molar-refractivity contribution is 0.102. The number of thiazole rings is 1. The first-order valence-electron chi connectivity index (χ1n) is 7.91. The van der Waals surface area contributed by atoms with Crippen LogP contribution in [-0.2, 0) is 6.54 Å². The first-order valence-corrected chi connectivity index (χ1v) is 8.73. The molecule has 2 aromatic carbocycles. The van der Waals surface area contributed by atoms with Crippen molar-refractivity contribution in [2.45, 2.75) is 13.5 Å². The van der Waals surface area contributed by atoms with Gasteiger partial charge in [-0.3, -0.25) is 14.2 Å². The maximum absolute atomic E-state index is 12.6. The quantitative estimate of drug-likeness (QED) is 0.683. The number of allylic oxidation sites excluding steroid dienone is 1. The maximum atomic E-state index is 12.6. The summed E-state index contributed by atoms with van der Waals surface area (Å²) >= 11 is 1.15. The van der Waals surface area contributed by atoms with Gasteiger partial charge in [-0.25, -0.2) is 0 Å². The predicted molar refractivity (Wildman–Crippen MR) is 102 cm³/mol. The summed E-state index contributed by atoms with van der Waals surface area (Å²) in [6, 6.07) is 12.5. The Morgan fingerprint density at radius 2 is 2.12 bits per heavy atom. The van der Waals surface area contributed by atoms with Crippen molar-refractivity contribution < 1.29 is 9.53 Å². The van der Waals surface area contributed by atoms with Crippen LogP contribution in [0.4, 0.5) is 5.69 Å². The van der Waals surface area contributed by atoms with Crippen molar-refractivity contribution in [3.8, 4) is 5.75 Å². The molecule has 1 amide bonds. The zero-order valence-corrected chi connectivity index (χ0v) is 14.6. The van der Waals surface area contributed by atoms with Gasteiger partial charge in [-0.2, -0.15) is 0 Å². The van der Waals surface area contributed by atoms with Gasteiger partial charge in [0.05, 0.1) is 22.4 Å². The van der Waals surface area contributed by atoms with E-state index in [1.54, 1.807) is 34.9 Å². The van der Waals surface area contributed by atoms with E-state index in [9.17, 15) is 9.59 Å².